The highest BCUT2D eigenvalue weighted by molar-refractivity contribution is 6.38. The summed E-state index contributed by atoms with van der Waals surface area (Å²) >= 11 is 0. The van der Waals surface area contributed by atoms with E-state index in [1.807, 2.05) is 0 Å². The summed E-state index contributed by atoms with van der Waals surface area (Å²) in [7, 11) is 0. The Hall–Kier alpha value is -5.85. The van der Waals surface area contributed by atoms with E-state index in [-0.39, 0.29) is 11.5 Å². The summed E-state index contributed by atoms with van der Waals surface area (Å²) < 4.78 is 0. The summed E-state index contributed by atoms with van der Waals surface area (Å²) in [4.78, 5) is 65.2. The van der Waals surface area contributed by atoms with Gasteiger partial charge in [0.15, 0.2) is 17.0 Å². The number of aliphatic hydroxyl groups is 5. The lowest BCUT2D eigenvalue weighted by Crippen LogP contribution is -2.51. The monoisotopic (exact) mass is 614 g/mol. The van der Waals surface area contributed by atoms with Gasteiger partial charge in [-0.15, -0.1) is 0 Å². The molecule has 0 fully saturated rings. The molecule has 0 heterocycles. The van der Waals surface area contributed by atoms with Gasteiger partial charge < -0.3 is 35.7 Å². The summed E-state index contributed by atoms with van der Waals surface area (Å²) in [6.07, 6.45) is 4.79. The predicted octanol–water partition coefficient (Wildman–Crippen LogP) is 2.56. The maximum atomic E-state index is 13.1. The number of hydrogen-bond donors (Lipinski definition) is 7. The highest BCUT2D eigenvalue weighted by atomic mass is 16.3. The molecule has 230 valence electrons. The second kappa shape index (κ2) is 11.7. The molecule has 0 bridgehead atoms. The van der Waals surface area contributed by atoms with Crippen molar-refractivity contribution in [1.29, 1.82) is 0 Å². The number of allylic oxidation sites excluding steroid dienone is 5. The molecule has 7 N–H and O–H groups in total. The zero-order valence-electron chi connectivity index (χ0n) is 23.7. The average molecular weight is 615 g/mol. The molecule has 45 heavy (non-hydrogen) atoms. The van der Waals surface area contributed by atoms with Crippen LogP contribution in [0.15, 0.2) is 106 Å². The number of Topliss-reactive ketones (excluding diaryl/α,β-unsaturated/α-hetero) is 4. The standard InChI is InChI=1S/C33H26O12/c1-32(44)28(40)20(26(38)24(30(32)42)22(36)13-7-16-3-9-18(34)10-4-16)15-21-27(39)25(31(43)33(2,45)29(21)41)23(37)14-8-17-5-11-19(35)12-6-17/h3-15,34-36,38-39,44-45H,1-2H3/b13-7+,14-8+,21-15-,24-22+/t32-,33-/m0/s1. The molecule has 0 aliphatic heterocycles. The molecule has 2 aromatic rings. The van der Waals surface area contributed by atoms with E-state index in [4.69, 9.17) is 0 Å². The molecule has 0 radical (unpaired) electrons. The molecule has 0 spiro atoms. The molecule has 12 heteroatoms. The zero-order valence-corrected chi connectivity index (χ0v) is 23.7. The number of rotatable bonds is 6. The van der Waals surface area contributed by atoms with Crippen molar-refractivity contribution in [3.8, 4) is 11.5 Å². The Morgan fingerprint density at radius 2 is 1.11 bits per heavy atom. The van der Waals surface area contributed by atoms with Crippen LogP contribution in [0.5, 0.6) is 11.5 Å². The van der Waals surface area contributed by atoms with Crippen LogP contribution in [-0.2, 0) is 24.0 Å². The fourth-order valence-electron chi connectivity index (χ4n) is 4.48. The van der Waals surface area contributed by atoms with Crippen molar-refractivity contribution >= 4 is 41.1 Å². The number of benzene rings is 2. The Labute approximate surface area is 254 Å². The third kappa shape index (κ3) is 5.87. The predicted molar refractivity (Wildman–Crippen MR) is 158 cm³/mol. The van der Waals surface area contributed by atoms with Crippen LogP contribution in [0.4, 0.5) is 0 Å². The summed E-state index contributed by atoms with van der Waals surface area (Å²) in [6, 6.07) is 11.1. The third-order valence-electron chi connectivity index (χ3n) is 7.13. The summed E-state index contributed by atoms with van der Waals surface area (Å²) in [5.41, 5.74) is -8.92. The fourth-order valence-corrected chi connectivity index (χ4v) is 4.48. The molecule has 2 aliphatic carbocycles. The molecule has 0 saturated carbocycles. The highest BCUT2D eigenvalue weighted by Crippen LogP contribution is 2.36. The summed E-state index contributed by atoms with van der Waals surface area (Å²) in [5, 5.41) is 72.9. The van der Waals surface area contributed by atoms with Crippen LogP contribution < -0.4 is 0 Å². The quantitative estimate of drug-likeness (QED) is 0.108. The molecular weight excluding hydrogens is 588 g/mol. The minimum Gasteiger partial charge on any atom is -0.508 e. The smallest absolute Gasteiger partial charge is 0.209 e. The van der Waals surface area contributed by atoms with Crippen LogP contribution in [0.25, 0.3) is 12.2 Å². The van der Waals surface area contributed by atoms with Crippen molar-refractivity contribution in [3.05, 3.63) is 117 Å². The number of aliphatic hydroxyl groups excluding tert-OH is 3. The van der Waals surface area contributed by atoms with E-state index < -0.39 is 79.7 Å². The largest absolute Gasteiger partial charge is 0.508 e. The van der Waals surface area contributed by atoms with E-state index in [1.165, 1.54) is 60.7 Å². The van der Waals surface area contributed by atoms with Crippen molar-refractivity contribution in [1.82, 2.24) is 0 Å². The molecule has 0 amide bonds. The van der Waals surface area contributed by atoms with Gasteiger partial charge in [-0.05, 0) is 67.5 Å². The van der Waals surface area contributed by atoms with Crippen molar-refractivity contribution < 1.29 is 59.7 Å². The molecule has 12 nitrogen and oxygen atoms in total. The highest BCUT2D eigenvalue weighted by Gasteiger charge is 2.52. The van der Waals surface area contributed by atoms with Crippen LogP contribution in [-0.4, -0.2) is 75.9 Å². The Morgan fingerprint density at radius 1 is 0.644 bits per heavy atom. The number of carbonyl (C=O) groups excluding carboxylic acids is 5. The lowest BCUT2D eigenvalue weighted by molar-refractivity contribution is -0.146. The van der Waals surface area contributed by atoms with Crippen molar-refractivity contribution in [2.24, 2.45) is 0 Å². The van der Waals surface area contributed by atoms with Gasteiger partial charge in [-0.3, -0.25) is 24.0 Å². The van der Waals surface area contributed by atoms with Crippen LogP contribution in [0.1, 0.15) is 25.0 Å². The SMILES string of the molecule is C[C@]1(O)C(=O)C(/C=C2\C(=O)[C@](C)(O)C(=O)C(C(=O)/C=C/c3ccc(O)cc3)=C2O)=C(O)C(=C(O)/C=C/c2ccc(O)cc2)/C1=O. The maximum Gasteiger partial charge on any atom is 0.209 e. The Bertz CT molecular complexity index is 1840. The minimum absolute atomic E-state index is 0.0431. The van der Waals surface area contributed by atoms with E-state index in [9.17, 15) is 59.7 Å². The van der Waals surface area contributed by atoms with Gasteiger partial charge in [-0.25, -0.2) is 0 Å². The van der Waals surface area contributed by atoms with E-state index in [1.54, 1.807) is 0 Å². The van der Waals surface area contributed by atoms with E-state index in [2.05, 4.69) is 0 Å². The first kappa shape index (κ1) is 32.1. The van der Waals surface area contributed by atoms with Crippen molar-refractivity contribution in [2.45, 2.75) is 25.0 Å². The van der Waals surface area contributed by atoms with Gasteiger partial charge in [-0.1, -0.05) is 36.4 Å². The molecule has 4 rings (SSSR count). The van der Waals surface area contributed by atoms with E-state index >= 15 is 0 Å². The van der Waals surface area contributed by atoms with Crippen molar-refractivity contribution in [3.63, 3.8) is 0 Å². The number of phenols is 2. The van der Waals surface area contributed by atoms with Crippen molar-refractivity contribution in [2.75, 3.05) is 0 Å². The number of ketones is 5. The van der Waals surface area contributed by atoms with Gasteiger partial charge in [0.25, 0.3) is 0 Å². The number of phenolic OH excluding ortho intramolecular Hbond substituents is 2. The molecule has 0 saturated heterocycles. The van der Waals surface area contributed by atoms with Gasteiger partial charge in [-0.2, -0.15) is 0 Å². The second-order valence-corrected chi connectivity index (χ2v) is 10.5. The van der Waals surface area contributed by atoms with Gasteiger partial charge in [0.05, 0.1) is 11.1 Å². The molecule has 0 aromatic heterocycles. The maximum absolute atomic E-state index is 13.1. The number of aromatic hydroxyl groups is 2. The van der Waals surface area contributed by atoms with Crippen LogP contribution >= 0.6 is 0 Å². The van der Waals surface area contributed by atoms with Crippen LogP contribution in [0.3, 0.4) is 0 Å². The van der Waals surface area contributed by atoms with Gasteiger partial charge in [0, 0.05) is 0 Å². The van der Waals surface area contributed by atoms with Gasteiger partial charge >= 0.3 is 0 Å². The molecule has 2 aliphatic rings. The molecule has 0 unspecified atom stereocenters. The van der Waals surface area contributed by atoms with Gasteiger partial charge in [0.1, 0.15) is 39.9 Å². The second-order valence-electron chi connectivity index (χ2n) is 10.5. The lowest BCUT2D eigenvalue weighted by Gasteiger charge is -2.30. The first-order chi connectivity index (χ1) is 21.0. The normalized spacial score (nSPS) is 24.8. The third-order valence-corrected chi connectivity index (χ3v) is 7.13. The molecule has 2 atom stereocenters. The summed E-state index contributed by atoms with van der Waals surface area (Å²) in [6.45, 7) is 1.51. The molecular formula is C33H26O12. The van der Waals surface area contributed by atoms with Crippen LogP contribution in [0.2, 0.25) is 0 Å². The summed E-state index contributed by atoms with van der Waals surface area (Å²) in [5.74, 6) is -10.5. The molecule has 2 aromatic carbocycles. The van der Waals surface area contributed by atoms with E-state index in [0.29, 0.717) is 17.2 Å². The first-order valence-corrected chi connectivity index (χ1v) is 13.1. The topological polar surface area (TPSA) is 227 Å². The average Bonchev–Trinajstić information content (AvgIpc) is 2.99. The number of carbonyl (C=O) groups is 5. The zero-order chi connectivity index (χ0) is 33.4. The fraction of sp³-hybridized carbons (Fsp3) is 0.121. The minimum atomic E-state index is -2.92. The Morgan fingerprint density at radius 3 is 1.62 bits per heavy atom. The number of hydrogen-bond acceptors (Lipinski definition) is 12. The first-order valence-electron chi connectivity index (χ1n) is 13.1. The van der Waals surface area contributed by atoms with Gasteiger partial charge in [0.2, 0.25) is 23.1 Å². The van der Waals surface area contributed by atoms with E-state index in [0.717, 1.165) is 26.0 Å². The van der Waals surface area contributed by atoms with Crippen LogP contribution in [0, 0.1) is 0 Å². The lowest BCUT2D eigenvalue weighted by atomic mass is 9.75. The Balaban J connectivity index is 1.87. The Kier molecular flexibility index (Phi) is 8.32.